The van der Waals surface area contributed by atoms with Crippen LogP contribution >= 0.6 is 11.8 Å². The maximum atomic E-state index is 12.8. The zero-order valence-corrected chi connectivity index (χ0v) is 18.1. The van der Waals surface area contributed by atoms with Crippen molar-refractivity contribution in [2.75, 3.05) is 12.3 Å². The number of amides is 1. The van der Waals surface area contributed by atoms with Crippen LogP contribution in [0.3, 0.4) is 0 Å². The number of likely N-dealkylation sites (tertiary alicyclic amines) is 1. The van der Waals surface area contributed by atoms with Gasteiger partial charge in [-0.25, -0.2) is 9.78 Å². The topological polar surface area (TPSA) is 82.1 Å². The number of aromatic nitrogens is 4. The molecule has 1 atom stereocenters. The number of thioether (sulfide) groups is 1. The number of hydrogen-bond donors (Lipinski definition) is 0. The average Bonchev–Trinajstić information content (AvgIpc) is 3.08. The Morgan fingerprint density at radius 2 is 1.93 bits per heavy atom. The standard InChI is InChI=1S/C19H29N5O3S/c1-6-13-9-7-8-10-23(13)14(25)11-28-18-20-16-15(24(18)12(2)3)17(26)22(5)19(27)21(16)4/h12-13H,6-11H2,1-5H3/t13-/m0/s1. The van der Waals surface area contributed by atoms with E-state index in [1.54, 1.807) is 7.05 Å². The van der Waals surface area contributed by atoms with E-state index in [4.69, 9.17) is 0 Å². The Balaban J connectivity index is 1.95. The Labute approximate surface area is 168 Å². The van der Waals surface area contributed by atoms with Crippen molar-refractivity contribution in [3.63, 3.8) is 0 Å². The van der Waals surface area contributed by atoms with Gasteiger partial charge in [0.15, 0.2) is 16.3 Å². The molecule has 0 N–H and O–H groups in total. The van der Waals surface area contributed by atoms with Crippen LogP contribution in [0.1, 0.15) is 52.5 Å². The first-order valence-corrected chi connectivity index (χ1v) is 10.9. The lowest BCUT2D eigenvalue weighted by atomic mass is 10.0. The van der Waals surface area contributed by atoms with E-state index < -0.39 is 5.69 Å². The Morgan fingerprint density at radius 3 is 2.57 bits per heavy atom. The van der Waals surface area contributed by atoms with E-state index in [9.17, 15) is 14.4 Å². The zero-order chi connectivity index (χ0) is 20.6. The van der Waals surface area contributed by atoms with Crippen LogP contribution in [0.5, 0.6) is 0 Å². The Hall–Kier alpha value is -2.03. The van der Waals surface area contributed by atoms with Gasteiger partial charge in [-0.05, 0) is 39.5 Å². The fraction of sp³-hybridized carbons (Fsp3) is 0.684. The summed E-state index contributed by atoms with van der Waals surface area (Å²) in [6.45, 7) is 6.87. The fourth-order valence-electron chi connectivity index (χ4n) is 3.94. The van der Waals surface area contributed by atoms with Gasteiger partial charge in [0.05, 0.1) is 5.75 Å². The largest absolute Gasteiger partial charge is 0.339 e. The summed E-state index contributed by atoms with van der Waals surface area (Å²) in [6.07, 6.45) is 4.26. The van der Waals surface area contributed by atoms with Crippen molar-refractivity contribution in [3.8, 4) is 0 Å². The number of imidazole rings is 1. The third-order valence-electron chi connectivity index (χ3n) is 5.52. The smallest absolute Gasteiger partial charge is 0.332 e. The number of carbonyl (C=O) groups excluding carboxylic acids is 1. The molecule has 1 fully saturated rings. The summed E-state index contributed by atoms with van der Waals surface area (Å²) < 4.78 is 4.32. The van der Waals surface area contributed by atoms with Crippen LogP contribution in [0.25, 0.3) is 11.2 Å². The molecule has 3 heterocycles. The van der Waals surface area contributed by atoms with Gasteiger partial charge >= 0.3 is 5.69 Å². The summed E-state index contributed by atoms with van der Waals surface area (Å²) in [5.74, 6) is 0.390. The number of fused-ring (bicyclic) bond motifs is 1. The van der Waals surface area contributed by atoms with Gasteiger partial charge in [-0.1, -0.05) is 18.7 Å². The number of rotatable bonds is 5. The molecule has 0 aromatic carbocycles. The zero-order valence-electron chi connectivity index (χ0n) is 17.3. The minimum atomic E-state index is -0.405. The van der Waals surface area contributed by atoms with Gasteiger partial charge in [0.2, 0.25) is 5.91 Å². The molecule has 0 unspecified atom stereocenters. The summed E-state index contributed by atoms with van der Waals surface area (Å²) in [5.41, 5.74) is -0.00250. The second-order valence-electron chi connectivity index (χ2n) is 7.67. The van der Waals surface area contributed by atoms with Crippen molar-refractivity contribution in [3.05, 3.63) is 20.8 Å². The van der Waals surface area contributed by atoms with E-state index in [1.165, 1.54) is 29.8 Å². The van der Waals surface area contributed by atoms with Crippen molar-refractivity contribution in [2.45, 2.75) is 63.7 Å². The first-order chi connectivity index (χ1) is 13.3. The predicted molar refractivity (Wildman–Crippen MR) is 111 cm³/mol. The van der Waals surface area contributed by atoms with E-state index in [0.717, 1.165) is 30.4 Å². The molecule has 0 saturated carbocycles. The van der Waals surface area contributed by atoms with Crippen molar-refractivity contribution in [1.29, 1.82) is 0 Å². The van der Waals surface area contributed by atoms with E-state index in [0.29, 0.717) is 22.4 Å². The van der Waals surface area contributed by atoms with Crippen LogP contribution in [-0.2, 0) is 18.9 Å². The van der Waals surface area contributed by atoms with Crippen LogP contribution in [0.15, 0.2) is 14.7 Å². The van der Waals surface area contributed by atoms with Gasteiger partial charge in [-0.3, -0.25) is 18.7 Å². The van der Waals surface area contributed by atoms with Crippen molar-refractivity contribution >= 4 is 28.8 Å². The first-order valence-electron chi connectivity index (χ1n) is 9.88. The van der Waals surface area contributed by atoms with Crippen LogP contribution in [0, 0.1) is 0 Å². The minimum Gasteiger partial charge on any atom is -0.339 e. The Morgan fingerprint density at radius 1 is 1.21 bits per heavy atom. The number of nitrogens with zero attached hydrogens (tertiary/aromatic N) is 5. The van der Waals surface area contributed by atoms with E-state index in [-0.39, 0.29) is 23.3 Å². The van der Waals surface area contributed by atoms with Gasteiger partial charge in [-0.2, -0.15) is 0 Å². The van der Waals surface area contributed by atoms with Crippen molar-refractivity contribution in [2.24, 2.45) is 14.1 Å². The Kier molecular flexibility index (Phi) is 6.02. The van der Waals surface area contributed by atoms with E-state index in [1.807, 2.05) is 23.3 Å². The molecule has 0 aliphatic carbocycles. The minimum absolute atomic E-state index is 0.0221. The summed E-state index contributed by atoms with van der Waals surface area (Å²) in [6, 6.07) is 0.296. The highest BCUT2D eigenvalue weighted by molar-refractivity contribution is 7.99. The van der Waals surface area contributed by atoms with Gasteiger partial charge in [-0.15, -0.1) is 0 Å². The SMILES string of the molecule is CC[C@H]1CCCCN1C(=O)CSc1nc2c(c(=O)n(C)c(=O)n2C)n1C(C)C. The monoisotopic (exact) mass is 407 g/mol. The van der Waals surface area contributed by atoms with Gasteiger partial charge < -0.3 is 9.47 Å². The quantitative estimate of drug-likeness (QED) is 0.707. The number of aryl methyl sites for hydroxylation is 1. The molecular weight excluding hydrogens is 378 g/mol. The van der Waals surface area contributed by atoms with E-state index >= 15 is 0 Å². The molecule has 0 bridgehead atoms. The molecule has 0 spiro atoms. The second kappa shape index (κ2) is 8.14. The van der Waals surface area contributed by atoms with Crippen LogP contribution < -0.4 is 11.2 Å². The molecule has 1 aliphatic heterocycles. The summed E-state index contributed by atoms with van der Waals surface area (Å²) >= 11 is 1.34. The molecular formula is C19H29N5O3S. The Bertz CT molecular complexity index is 1000. The van der Waals surface area contributed by atoms with Crippen LogP contribution in [-0.4, -0.2) is 47.8 Å². The lowest BCUT2D eigenvalue weighted by Gasteiger charge is -2.35. The van der Waals surface area contributed by atoms with Gasteiger partial charge in [0, 0.05) is 32.7 Å². The molecule has 0 radical (unpaired) electrons. The molecule has 2 aromatic rings. The van der Waals surface area contributed by atoms with E-state index in [2.05, 4.69) is 11.9 Å². The molecule has 1 aliphatic rings. The fourth-order valence-corrected chi connectivity index (χ4v) is 4.95. The lowest BCUT2D eigenvalue weighted by molar-refractivity contribution is -0.132. The molecule has 9 heteroatoms. The average molecular weight is 408 g/mol. The molecule has 1 amide bonds. The molecule has 3 rings (SSSR count). The summed E-state index contributed by atoms with van der Waals surface area (Å²) in [4.78, 5) is 44.3. The van der Waals surface area contributed by atoms with Crippen molar-refractivity contribution < 1.29 is 4.79 Å². The van der Waals surface area contributed by atoms with Gasteiger partial charge in [0.1, 0.15) is 0 Å². The third kappa shape index (κ3) is 3.52. The predicted octanol–water partition coefficient (Wildman–Crippen LogP) is 1.90. The molecule has 154 valence electrons. The highest BCUT2D eigenvalue weighted by atomic mass is 32.2. The van der Waals surface area contributed by atoms with Crippen LogP contribution in [0.4, 0.5) is 0 Å². The first kappa shape index (κ1) is 20.7. The number of carbonyl (C=O) groups is 1. The molecule has 1 saturated heterocycles. The number of hydrogen-bond acceptors (Lipinski definition) is 5. The second-order valence-corrected chi connectivity index (χ2v) is 8.61. The highest BCUT2D eigenvalue weighted by Crippen LogP contribution is 2.27. The molecule has 28 heavy (non-hydrogen) atoms. The van der Waals surface area contributed by atoms with Crippen LogP contribution in [0.2, 0.25) is 0 Å². The third-order valence-corrected chi connectivity index (χ3v) is 6.46. The number of piperidine rings is 1. The highest BCUT2D eigenvalue weighted by Gasteiger charge is 2.27. The maximum absolute atomic E-state index is 12.8. The molecule has 2 aromatic heterocycles. The summed E-state index contributed by atoms with van der Waals surface area (Å²) in [5, 5.41) is 0.599. The van der Waals surface area contributed by atoms with Crippen molar-refractivity contribution in [1.82, 2.24) is 23.6 Å². The summed E-state index contributed by atoms with van der Waals surface area (Å²) in [7, 11) is 3.08. The lowest BCUT2D eigenvalue weighted by Crippen LogP contribution is -2.44. The molecule has 8 nitrogen and oxygen atoms in total. The normalized spacial score (nSPS) is 17.6. The maximum Gasteiger partial charge on any atom is 0.332 e. The van der Waals surface area contributed by atoms with Gasteiger partial charge in [0.25, 0.3) is 5.56 Å².